The summed E-state index contributed by atoms with van der Waals surface area (Å²) in [5.41, 5.74) is 5.24. The number of aliphatic carboxylic acids is 1. The third-order valence-electron chi connectivity index (χ3n) is 1.16. The topological polar surface area (TPSA) is 76.5 Å². The van der Waals surface area contributed by atoms with Crippen molar-refractivity contribution >= 4 is 21.9 Å². The van der Waals surface area contributed by atoms with Crippen molar-refractivity contribution in [1.82, 2.24) is 0 Å². The summed E-state index contributed by atoms with van der Waals surface area (Å²) < 4.78 is 5.52. The third kappa shape index (κ3) is 1.81. The van der Waals surface area contributed by atoms with Gasteiger partial charge >= 0.3 is 5.97 Å². The maximum Gasteiger partial charge on any atom is 0.328 e. The smallest absolute Gasteiger partial charge is 0.328 e. The van der Waals surface area contributed by atoms with Gasteiger partial charge in [-0.3, -0.25) is 4.79 Å². The predicted molar refractivity (Wildman–Crippen MR) is 41.0 cm³/mol. The maximum atomic E-state index is 10.3. The fourth-order valence-corrected chi connectivity index (χ4v) is 0.932. The molecule has 1 aromatic rings. The highest BCUT2D eigenvalue weighted by Gasteiger charge is 2.17. The minimum atomic E-state index is -1.10. The molecule has 5 heteroatoms. The normalized spacial score (nSPS) is 12.9. The third-order valence-corrected chi connectivity index (χ3v) is 1.58. The van der Waals surface area contributed by atoms with Crippen LogP contribution in [0.4, 0.5) is 0 Å². The monoisotopic (exact) mass is 219 g/mol. The lowest BCUT2D eigenvalue weighted by Gasteiger charge is -1.99. The van der Waals surface area contributed by atoms with Gasteiger partial charge < -0.3 is 15.3 Å². The van der Waals surface area contributed by atoms with E-state index in [2.05, 4.69) is 15.9 Å². The second-order valence-electron chi connectivity index (χ2n) is 1.98. The first kappa shape index (κ1) is 8.29. The summed E-state index contributed by atoms with van der Waals surface area (Å²) in [6.07, 6.45) is 1.39. The summed E-state index contributed by atoms with van der Waals surface area (Å²) in [5, 5.41) is 8.44. The Morgan fingerprint density at radius 2 is 2.45 bits per heavy atom. The van der Waals surface area contributed by atoms with E-state index >= 15 is 0 Å². The average molecular weight is 220 g/mol. The van der Waals surface area contributed by atoms with Crippen LogP contribution in [0.3, 0.4) is 0 Å². The molecule has 1 heterocycles. The molecule has 0 saturated carbocycles. The first-order chi connectivity index (χ1) is 5.11. The van der Waals surface area contributed by atoms with Crippen molar-refractivity contribution in [2.24, 2.45) is 5.73 Å². The zero-order chi connectivity index (χ0) is 8.43. The van der Waals surface area contributed by atoms with E-state index < -0.39 is 12.0 Å². The Labute approximate surface area is 71.1 Å². The molecule has 0 radical (unpaired) electrons. The fraction of sp³-hybridized carbons (Fsp3) is 0.167. The lowest BCUT2D eigenvalue weighted by Crippen LogP contribution is -2.19. The second-order valence-corrected chi connectivity index (χ2v) is 2.90. The first-order valence-corrected chi connectivity index (χ1v) is 3.63. The molecule has 0 aliphatic carbocycles. The molecule has 11 heavy (non-hydrogen) atoms. The van der Waals surface area contributed by atoms with Crippen molar-refractivity contribution < 1.29 is 14.3 Å². The van der Waals surface area contributed by atoms with Gasteiger partial charge in [-0.15, -0.1) is 0 Å². The Morgan fingerprint density at radius 1 is 1.82 bits per heavy atom. The van der Waals surface area contributed by atoms with Gasteiger partial charge in [0.15, 0.2) is 6.04 Å². The van der Waals surface area contributed by atoms with E-state index in [1.165, 1.54) is 12.3 Å². The van der Waals surface area contributed by atoms with Gasteiger partial charge in [-0.1, -0.05) is 0 Å². The van der Waals surface area contributed by atoms with Gasteiger partial charge in [-0.25, -0.2) is 0 Å². The second kappa shape index (κ2) is 3.06. The summed E-state index contributed by atoms with van der Waals surface area (Å²) in [6, 6.07) is 0.444. The first-order valence-electron chi connectivity index (χ1n) is 2.83. The Bertz CT molecular complexity index is 271. The number of nitrogens with two attached hydrogens (primary N) is 1. The van der Waals surface area contributed by atoms with Crippen molar-refractivity contribution in [2.45, 2.75) is 6.04 Å². The van der Waals surface area contributed by atoms with Crippen LogP contribution in [0, 0.1) is 0 Å². The molecular weight excluding hydrogens is 214 g/mol. The van der Waals surface area contributed by atoms with Crippen LogP contribution in [0.15, 0.2) is 21.2 Å². The standard InChI is InChI=1S/C6H6BrNO3/c7-3-1-4(11-2-3)5(8)6(9)10/h1-2,5H,8H2,(H,9,10). The molecule has 0 aliphatic heterocycles. The van der Waals surface area contributed by atoms with Crippen LogP contribution in [0.1, 0.15) is 11.8 Å². The highest BCUT2D eigenvalue weighted by Crippen LogP contribution is 2.18. The summed E-state index contributed by atoms with van der Waals surface area (Å²) in [5.74, 6) is -0.865. The van der Waals surface area contributed by atoms with E-state index in [1.54, 1.807) is 0 Å². The van der Waals surface area contributed by atoms with E-state index in [0.717, 1.165) is 0 Å². The Balaban J connectivity index is 2.84. The Kier molecular flexibility index (Phi) is 2.31. The molecule has 0 aromatic carbocycles. The predicted octanol–water partition coefficient (Wildman–Crippen LogP) is 1.13. The van der Waals surface area contributed by atoms with E-state index in [1.807, 2.05) is 0 Å². The van der Waals surface area contributed by atoms with Gasteiger partial charge in [0.25, 0.3) is 0 Å². The molecule has 0 saturated heterocycles. The molecule has 0 spiro atoms. The summed E-state index contributed by atoms with van der Waals surface area (Å²) in [4.78, 5) is 10.3. The molecular formula is C6H6BrNO3. The van der Waals surface area contributed by atoms with Crippen LogP contribution >= 0.6 is 15.9 Å². The molecule has 60 valence electrons. The van der Waals surface area contributed by atoms with Crippen LogP contribution in [0.5, 0.6) is 0 Å². The Hall–Kier alpha value is -0.810. The summed E-state index contributed by atoms with van der Waals surface area (Å²) in [7, 11) is 0. The number of halogens is 1. The molecule has 1 atom stereocenters. The van der Waals surface area contributed by atoms with Gasteiger partial charge in [0, 0.05) is 0 Å². The maximum absolute atomic E-state index is 10.3. The molecule has 1 unspecified atom stereocenters. The molecule has 1 rings (SSSR count). The van der Waals surface area contributed by atoms with Crippen molar-refractivity contribution in [2.75, 3.05) is 0 Å². The molecule has 0 bridgehead atoms. The number of rotatable bonds is 2. The minimum Gasteiger partial charge on any atom is -0.480 e. The van der Waals surface area contributed by atoms with Gasteiger partial charge in [0.05, 0.1) is 4.47 Å². The average Bonchev–Trinajstić information content (AvgIpc) is 2.34. The van der Waals surface area contributed by atoms with Gasteiger partial charge in [-0.2, -0.15) is 0 Å². The van der Waals surface area contributed by atoms with E-state index in [4.69, 9.17) is 15.3 Å². The molecule has 1 aromatic heterocycles. The van der Waals surface area contributed by atoms with E-state index in [0.29, 0.717) is 4.47 Å². The highest BCUT2D eigenvalue weighted by atomic mass is 79.9. The van der Waals surface area contributed by atoms with Crippen LogP contribution < -0.4 is 5.73 Å². The van der Waals surface area contributed by atoms with E-state index in [9.17, 15) is 4.79 Å². The quantitative estimate of drug-likeness (QED) is 0.782. The van der Waals surface area contributed by atoms with E-state index in [-0.39, 0.29) is 5.76 Å². The van der Waals surface area contributed by atoms with Gasteiger partial charge in [-0.05, 0) is 22.0 Å². The number of hydrogen-bond acceptors (Lipinski definition) is 3. The number of carbonyl (C=O) groups is 1. The van der Waals surface area contributed by atoms with Crippen molar-refractivity contribution in [3.8, 4) is 0 Å². The van der Waals surface area contributed by atoms with Crippen LogP contribution in [0.25, 0.3) is 0 Å². The fourth-order valence-electron chi connectivity index (χ4n) is 0.613. The summed E-state index contributed by atoms with van der Waals surface area (Å²) in [6.45, 7) is 0. The van der Waals surface area contributed by atoms with Gasteiger partial charge in [0.1, 0.15) is 12.0 Å². The number of carboxylic acids is 1. The molecule has 4 nitrogen and oxygen atoms in total. The number of hydrogen-bond donors (Lipinski definition) is 2. The molecule has 0 aliphatic rings. The molecule has 0 fully saturated rings. The minimum absolute atomic E-state index is 0.240. The summed E-state index contributed by atoms with van der Waals surface area (Å²) >= 11 is 3.11. The number of furan rings is 1. The molecule has 3 N–H and O–H groups in total. The van der Waals surface area contributed by atoms with Crippen LogP contribution in [-0.4, -0.2) is 11.1 Å². The highest BCUT2D eigenvalue weighted by molar-refractivity contribution is 9.10. The van der Waals surface area contributed by atoms with Crippen LogP contribution in [0.2, 0.25) is 0 Å². The van der Waals surface area contributed by atoms with Crippen molar-refractivity contribution in [1.29, 1.82) is 0 Å². The molecule has 0 amide bonds. The lowest BCUT2D eigenvalue weighted by atomic mass is 10.2. The largest absolute Gasteiger partial charge is 0.480 e. The SMILES string of the molecule is NC(C(=O)O)c1cc(Br)co1. The van der Waals surface area contributed by atoms with Crippen molar-refractivity contribution in [3.05, 3.63) is 22.6 Å². The zero-order valence-corrected chi connectivity index (χ0v) is 7.04. The van der Waals surface area contributed by atoms with Gasteiger partial charge in [0.2, 0.25) is 0 Å². The number of carboxylic acid groups (broad SMARTS) is 1. The lowest BCUT2D eigenvalue weighted by molar-refractivity contribution is -0.139. The van der Waals surface area contributed by atoms with Crippen molar-refractivity contribution in [3.63, 3.8) is 0 Å². The van der Waals surface area contributed by atoms with Crippen LogP contribution in [-0.2, 0) is 4.79 Å². The zero-order valence-electron chi connectivity index (χ0n) is 5.45. The Morgan fingerprint density at radius 3 is 2.82 bits per heavy atom.